The van der Waals surface area contributed by atoms with Gasteiger partial charge in [-0.1, -0.05) is 13.3 Å². The van der Waals surface area contributed by atoms with E-state index in [1.165, 1.54) is 9.58 Å². The van der Waals surface area contributed by atoms with E-state index in [4.69, 9.17) is 0 Å². The van der Waals surface area contributed by atoms with Gasteiger partial charge in [-0.15, -0.1) is 0 Å². The first-order valence-corrected chi connectivity index (χ1v) is 10.00. The van der Waals surface area contributed by atoms with Gasteiger partial charge < -0.3 is 14.8 Å². The van der Waals surface area contributed by atoms with Crippen molar-refractivity contribution in [1.82, 2.24) is 24.2 Å². The fraction of sp³-hybridized carbons (Fsp3) is 0.333. The van der Waals surface area contributed by atoms with Crippen molar-refractivity contribution >= 4 is 17.5 Å². The van der Waals surface area contributed by atoms with Gasteiger partial charge in [0.15, 0.2) is 0 Å². The first-order chi connectivity index (χ1) is 14.9. The molecular weight excluding hydrogens is 406 g/mol. The molecule has 0 atom stereocenters. The lowest BCUT2D eigenvalue weighted by Crippen LogP contribution is -2.38. The highest BCUT2D eigenvalue weighted by atomic mass is 19.1. The summed E-state index contributed by atoms with van der Waals surface area (Å²) in [5, 5.41) is 6.69. The summed E-state index contributed by atoms with van der Waals surface area (Å²) in [6.07, 6.45) is 5.03. The van der Waals surface area contributed by atoms with Crippen molar-refractivity contribution in [2.24, 2.45) is 7.05 Å². The molecule has 1 aliphatic heterocycles. The molecule has 8 nitrogen and oxygen atoms in total. The molecule has 3 heterocycles. The van der Waals surface area contributed by atoms with Crippen molar-refractivity contribution in [3.63, 3.8) is 0 Å². The Morgan fingerprint density at radius 3 is 2.74 bits per heavy atom. The highest BCUT2D eigenvalue weighted by molar-refractivity contribution is 6.04. The maximum absolute atomic E-state index is 14.4. The van der Waals surface area contributed by atoms with Crippen LogP contribution in [0.4, 0.5) is 14.5 Å². The number of hydrogen-bond donors (Lipinski definition) is 1. The second-order valence-corrected chi connectivity index (χ2v) is 7.42. The first kappa shape index (κ1) is 20.7. The first-order valence-electron chi connectivity index (χ1n) is 10.00. The second-order valence-electron chi connectivity index (χ2n) is 7.42. The Morgan fingerprint density at radius 1 is 1.16 bits per heavy atom. The molecule has 0 saturated heterocycles. The number of imidazole rings is 1. The number of aromatic nitrogens is 4. The van der Waals surface area contributed by atoms with Crippen molar-refractivity contribution in [2.75, 3.05) is 11.9 Å². The molecule has 3 aromatic rings. The minimum absolute atomic E-state index is 0.222. The van der Waals surface area contributed by atoms with E-state index >= 15 is 0 Å². The molecule has 31 heavy (non-hydrogen) atoms. The second kappa shape index (κ2) is 8.29. The van der Waals surface area contributed by atoms with Crippen molar-refractivity contribution in [3.05, 3.63) is 65.0 Å². The van der Waals surface area contributed by atoms with Crippen molar-refractivity contribution in [1.29, 1.82) is 0 Å². The zero-order valence-electron chi connectivity index (χ0n) is 17.2. The van der Waals surface area contributed by atoms with Gasteiger partial charge in [-0.05, 0) is 18.6 Å². The Hall–Kier alpha value is -3.56. The van der Waals surface area contributed by atoms with Crippen LogP contribution < -0.4 is 5.32 Å². The van der Waals surface area contributed by atoms with E-state index in [0.717, 1.165) is 18.2 Å². The predicted molar refractivity (Wildman–Crippen MR) is 108 cm³/mol. The van der Waals surface area contributed by atoms with Crippen LogP contribution in [0.25, 0.3) is 0 Å². The molecule has 0 fully saturated rings. The van der Waals surface area contributed by atoms with Crippen LogP contribution in [0.15, 0.2) is 30.6 Å². The molecule has 0 saturated carbocycles. The molecule has 4 rings (SSSR count). The maximum Gasteiger partial charge on any atom is 0.274 e. The monoisotopic (exact) mass is 428 g/mol. The molecule has 0 bridgehead atoms. The van der Waals surface area contributed by atoms with Crippen LogP contribution in [0, 0.1) is 11.6 Å². The largest absolute Gasteiger partial charge is 0.332 e. The smallest absolute Gasteiger partial charge is 0.274 e. The average molecular weight is 428 g/mol. The highest BCUT2D eigenvalue weighted by Gasteiger charge is 2.26. The van der Waals surface area contributed by atoms with Gasteiger partial charge in [0.1, 0.15) is 23.2 Å². The third-order valence-electron chi connectivity index (χ3n) is 5.24. The average Bonchev–Trinajstić information content (AvgIpc) is 3.35. The molecule has 2 aromatic heterocycles. The lowest BCUT2D eigenvalue weighted by atomic mass is 10.1. The summed E-state index contributed by atoms with van der Waals surface area (Å²) in [7, 11) is 1.62. The highest BCUT2D eigenvalue weighted by Crippen LogP contribution is 2.23. The zero-order chi connectivity index (χ0) is 22.1. The quantitative estimate of drug-likeness (QED) is 0.677. The number of anilines is 1. The molecule has 2 amide bonds. The van der Waals surface area contributed by atoms with E-state index < -0.39 is 23.4 Å². The Bertz CT molecular complexity index is 1150. The van der Waals surface area contributed by atoms with Crippen LogP contribution >= 0.6 is 0 Å². The summed E-state index contributed by atoms with van der Waals surface area (Å²) < 4.78 is 32.1. The van der Waals surface area contributed by atoms with Gasteiger partial charge in [-0.3, -0.25) is 14.3 Å². The van der Waals surface area contributed by atoms with E-state index in [1.54, 1.807) is 19.3 Å². The number of carbonyl (C=O) groups is 2. The van der Waals surface area contributed by atoms with E-state index in [9.17, 15) is 18.4 Å². The molecule has 1 N–H and O–H groups in total. The van der Waals surface area contributed by atoms with Crippen molar-refractivity contribution in [3.8, 4) is 0 Å². The van der Waals surface area contributed by atoms with Gasteiger partial charge in [0.2, 0.25) is 0 Å². The number of fused-ring (bicyclic) bond motifs is 1. The predicted octanol–water partition coefficient (Wildman–Crippen LogP) is 2.76. The molecular formula is C21H22F2N6O2. The number of benzene rings is 1. The molecule has 10 heteroatoms. The van der Waals surface area contributed by atoms with Crippen LogP contribution in [0.2, 0.25) is 0 Å². The van der Waals surface area contributed by atoms with Crippen molar-refractivity contribution in [2.45, 2.75) is 32.9 Å². The molecule has 0 aliphatic carbocycles. The molecule has 0 spiro atoms. The molecule has 1 aliphatic rings. The van der Waals surface area contributed by atoms with Crippen LogP contribution in [0.1, 0.15) is 45.7 Å². The summed E-state index contributed by atoms with van der Waals surface area (Å²) >= 11 is 0. The minimum atomic E-state index is -0.986. The van der Waals surface area contributed by atoms with Crippen LogP contribution in [-0.2, 0) is 26.6 Å². The van der Waals surface area contributed by atoms with Gasteiger partial charge in [-0.2, -0.15) is 5.10 Å². The summed E-state index contributed by atoms with van der Waals surface area (Å²) in [6, 6.07) is 3.27. The number of nitrogens with one attached hydrogen (secondary N) is 1. The van der Waals surface area contributed by atoms with Crippen molar-refractivity contribution < 1.29 is 18.4 Å². The number of hydrogen-bond acceptors (Lipinski definition) is 4. The number of halogens is 2. The summed E-state index contributed by atoms with van der Waals surface area (Å²) in [4.78, 5) is 31.2. The Labute approximate surface area is 177 Å². The lowest BCUT2D eigenvalue weighted by molar-refractivity contribution is 0.0702. The lowest BCUT2D eigenvalue weighted by Gasteiger charge is -2.28. The third-order valence-corrected chi connectivity index (χ3v) is 5.24. The standard InChI is InChI=1S/C21H22F2N6O2/c1-3-4-13-9-18(27(2)26-13)20(30)25-17-10-14(15(22)11-16(17)23)21(31)29-8-7-28-6-5-24-19(28)12-29/h5-6,9-11H,3-4,7-8,12H2,1-2H3,(H,25,30). The van der Waals surface area contributed by atoms with Gasteiger partial charge in [0.25, 0.3) is 11.8 Å². The zero-order valence-corrected chi connectivity index (χ0v) is 17.2. The molecule has 1 aromatic carbocycles. The number of aryl methyl sites for hydroxylation is 2. The summed E-state index contributed by atoms with van der Waals surface area (Å²) in [5.74, 6) is -2.45. The number of carbonyl (C=O) groups excluding carboxylic acids is 2. The fourth-order valence-corrected chi connectivity index (χ4v) is 3.63. The minimum Gasteiger partial charge on any atom is -0.332 e. The van der Waals surface area contributed by atoms with Gasteiger partial charge >= 0.3 is 0 Å². The Balaban J connectivity index is 1.57. The van der Waals surface area contributed by atoms with Gasteiger partial charge in [0, 0.05) is 38.6 Å². The third kappa shape index (κ3) is 4.05. The van der Waals surface area contributed by atoms with Crippen LogP contribution in [-0.4, -0.2) is 42.6 Å². The van der Waals surface area contributed by atoms with Gasteiger partial charge in [0.05, 0.1) is 23.5 Å². The molecule has 0 radical (unpaired) electrons. The summed E-state index contributed by atoms with van der Waals surface area (Å²) in [5.41, 5.74) is 0.400. The Kier molecular flexibility index (Phi) is 5.53. The van der Waals surface area contributed by atoms with Gasteiger partial charge in [-0.25, -0.2) is 13.8 Å². The fourth-order valence-electron chi connectivity index (χ4n) is 3.63. The van der Waals surface area contributed by atoms with E-state index in [-0.39, 0.29) is 23.5 Å². The van der Waals surface area contributed by atoms with Crippen LogP contribution in [0.3, 0.4) is 0 Å². The van der Waals surface area contributed by atoms with E-state index in [0.29, 0.717) is 31.4 Å². The normalized spacial score (nSPS) is 13.2. The molecule has 0 unspecified atom stereocenters. The maximum atomic E-state index is 14.4. The topological polar surface area (TPSA) is 85.0 Å². The number of nitrogens with zero attached hydrogens (tertiary/aromatic N) is 5. The van der Waals surface area contributed by atoms with E-state index in [1.807, 2.05) is 17.7 Å². The molecule has 162 valence electrons. The SMILES string of the molecule is CCCc1cc(C(=O)Nc2cc(C(=O)N3CCn4ccnc4C3)c(F)cc2F)n(C)n1. The number of rotatable bonds is 5. The summed E-state index contributed by atoms with van der Waals surface area (Å²) in [6.45, 7) is 3.13. The van der Waals surface area contributed by atoms with E-state index in [2.05, 4.69) is 15.4 Å². The van der Waals surface area contributed by atoms with Crippen LogP contribution in [0.5, 0.6) is 0 Å². The Morgan fingerprint density at radius 2 is 1.97 bits per heavy atom. The number of amides is 2.